The van der Waals surface area contributed by atoms with Crippen LogP contribution in [0.15, 0.2) is 42.7 Å². The van der Waals surface area contributed by atoms with Gasteiger partial charge in [-0.05, 0) is 42.5 Å². The number of aryl methyl sites for hydroxylation is 1. The number of hydrogen-bond acceptors (Lipinski definition) is 2. The molecule has 1 N–H and O–H groups in total. The Morgan fingerprint density at radius 2 is 1.92 bits per heavy atom. The van der Waals surface area contributed by atoms with Gasteiger partial charge in [0.1, 0.15) is 0 Å². The van der Waals surface area contributed by atoms with Crippen molar-refractivity contribution in [3.63, 3.8) is 0 Å². The summed E-state index contributed by atoms with van der Waals surface area (Å²) in [6.45, 7) is 1.87. The van der Waals surface area contributed by atoms with Gasteiger partial charge in [0.05, 0.1) is 11.2 Å². The monoisotopic (exact) mass is 385 g/mol. The molecule has 1 unspecified atom stereocenters. The van der Waals surface area contributed by atoms with Gasteiger partial charge in [-0.15, -0.1) is 12.4 Å². The highest BCUT2D eigenvalue weighted by molar-refractivity contribution is 6.30. The zero-order valence-corrected chi connectivity index (χ0v) is 15.7. The molecule has 24 heavy (non-hydrogen) atoms. The van der Waals surface area contributed by atoms with Crippen molar-refractivity contribution in [1.29, 1.82) is 0 Å². The summed E-state index contributed by atoms with van der Waals surface area (Å²) in [6.07, 6.45) is 10.4. The highest BCUT2D eigenvalue weighted by Crippen LogP contribution is 2.25. The number of nitrogens with one attached hydrogen (secondary N) is 1. The third-order valence-corrected chi connectivity index (χ3v) is 4.68. The van der Waals surface area contributed by atoms with E-state index in [1.165, 1.54) is 24.0 Å². The molecular formula is C18H22Cl3N3. The Balaban J connectivity index is 0.00000208. The molecule has 0 radical (unpaired) electrons. The zero-order chi connectivity index (χ0) is 16.1. The summed E-state index contributed by atoms with van der Waals surface area (Å²) in [5.74, 6) is 0. The summed E-state index contributed by atoms with van der Waals surface area (Å²) >= 11 is 11.8. The predicted molar refractivity (Wildman–Crippen MR) is 104 cm³/mol. The van der Waals surface area contributed by atoms with Crippen molar-refractivity contribution in [2.24, 2.45) is 0 Å². The average Bonchev–Trinajstić information content (AvgIpc) is 2.98. The Morgan fingerprint density at radius 1 is 1.12 bits per heavy atom. The van der Waals surface area contributed by atoms with Gasteiger partial charge in [0.2, 0.25) is 0 Å². The lowest BCUT2D eigenvalue weighted by atomic mass is 9.93. The maximum atomic E-state index is 5.97. The third kappa shape index (κ3) is 5.52. The number of halogens is 3. The lowest BCUT2D eigenvalue weighted by Gasteiger charge is -2.24. The molecule has 0 amide bonds. The molecule has 1 aliphatic rings. The molecule has 0 bridgehead atoms. The number of hydrogen-bond donors (Lipinski definition) is 1. The minimum absolute atomic E-state index is 0. The summed E-state index contributed by atoms with van der Waals surface area (Å²) in [5.41, 5.74) is 2.70. The highest BCUT2D eigenvalue weighted by atomic mass is 35.5. The lowest BCUT2D eigenvalue weighted by molar-refractivity contribution is 0.456. The average molecular weight is 387 g/mol. The normalized spacial score (nSPS) is 17.2. The van der Waals surface area contributed by atoms with Gasteiger partial charge in [0, 0.05) is 30.4 Å². The Kier molecular flexibility index (Phi) is 7.63. The molecule has 1 aliphatic heterocycles. The molecule has 0 fully saturated rings. The van der Waals surface area contributed by atoms with Gasteiger partial charge in [-0.3, -0.25) is 4.68 Å². The van der Waals surface area contributed by atoms with Crippen molar-refractivity contribution in [2.45, 2.75) is 38.3 Å². The number of benzene rings is 1. The fourth-order valence-electron chi connectivity index (χ4n) is 3.00. The van der Waals surface area contributed by atoms with E-state index >= 15 is 0 Å². The SMILES string of the molecule is Cl.Clc1ccc(C2=CCNC(CCCCn3cc(Cl)cn3)C2)cc1. The third-order valence-electron chi connectivity index (χ3n) is 4.23. The predicted octanol–water partition coefficient (Wildman–Crippen LogP) is 5.23. The van der Waals surface area contributed by atoms with Crippen LogP contribution in [0.1, 0.15) is 31.2 Å². The van der Waals surface area contributed by atoms with Crippen molar-refractivity contribution in [3.8, 4) is 0 Å². The summed E-state index contributed by atoms with van der Waals surface area (Å²) in [4.78, 5) is 0. The lowest BCUT2D eigenvalue weighted by Crippen LogP contribution is -2.32. The molecule has 1 atom stereocenters. The standard InChI is InChI=1S/C18H21Cl2N3.ClH/c19-16-6-4-14(5-7-16)15-8-9-21-18(11-15)3-1-2-10-23-13-17(20)12-22-23;/h4-8,12-13,18,21H,1-3,9-11H2;1H. The van der Waals surface area contributed by atoms with E-state index in [4.69, 9.17) is 23.2 Å². The topological polar surface area (TPSA) is 29.9 Å². The minimum atomic E-state index is 0. The molecule has 2 aromatic rings. The van der Waals surface area contributed by atoms with Crippen LogP contribution in [0.25, 0.3) is 5.57 Å². The smallest absolute Gasteiger partial charge is 0.0785 e. The van der Waals surface area contributed by atoms with E-state index < -0.39 is 0 Å². The first-order valence-electron chi connectivity index (χ1n) is 8.07. The van der Waals surface area contributed by atoms with E-state index in [2.05, 4.69) is 28.6 Å². The molecule has 6 heteroatoms. The maximum Gasteiger partial charge on any atom is 0.0785 e. The Morgan fingerprint density at radius 3 is 2.62 bits per heavy atom. The molecule has 3 rings (SSSR count). The molecule has 0 saturated heterocycles. The fourth-order valence-corrected chi connectivity index (χ4v) is 3.28. The van der Waals surface area contributed by atoms with E-state index in [9.17, 15) is 0 Å². The van der Waals surface area contributed by atoms with Crippen LogP contribution in [0.4, 0.5) is 0 Å². The van der Waals surface area contributed by atoms with Gasteiger partial charge in [-0.2, -0.15) is 5.10 Å². The van der Waals surface area contributed by atoms with Crippen LogP contribution in [-0.4, -0.2) is 22.4 Å². The van der Waals surface area contributed by atoms with E-state index in [-0.39, 0.29) is 12.4 Å². The van der Waals surface area contributed by atoms with Crippen LogP contribution in [0.5, 0.6) is 0 Å². The van der Waals surface area contributed by atoms with E-state index in [1.807, 2.05) is 23.0 Å². The van der Waals surface area contributed by atoms with Crippen LogP contribution in [0.3, 0.4) is 0 Å². The Bertz CT molecular complexity index is 664. The second kappa shape index (κ2) is 9.47. The Labute approximate surface area is 159 Å². The fraction of sp³-hybridized carbons (Fsp3) is 0.389. The zero-order valence-electron chi connectivity index (χ0n) is 13.4. The molecule has 0 saturated carbocycles. The molecule has 0 aliphatic carbocycles. The van der Waals surface area contributed by atoms with Gasteiger partial charge < -0.3 is 5.32 Å². The van der Waals surface area contributed by atoms with Gasteiger partial charge in [-0.1, -0.05) is 47.8 Å². The first-order valence-corrected chi connectivity index (χ1v) is 8.82. The summed E-state index contributed by atoms with van der Waals surface area (Å²) < 4.78 is 1.91. The van der Waals surface area contributed by atoms with Crippen LogP contribution < -0.4 is 5.32 Å². The Hall–Kier alpha value is -1.00. The van der Waals surface area contributed by atoms with E-state index in [0.29, 0.717) is 11.1 Å². The van der Waals surface area contributed by atoms with Crippen LogP contribution >= 0.6 is 35.6 Å². The van der Waals surface area contributed by atoms with E-state index in [0.717, 1.165) is 31.0 Å². The summed E-state index contributed by atoms with van der Waals surface area (Å²) in [6, 6.07) is 8.69. The molecular weight excluding hydrogens is 365 g/mol. The van der Waals surface area contributed by atoms with Crippen LogP contribution in [0.2, 0.25) is 10.0 Å². The van der Waals surface area contributed by atoms with Gasteiger partial charge in [0.15, 0.2) is 0 Å². The van der Waals surface area contributed by atoms with Crippen LogP contribution in [-0.2, 0) is 6.54 Å². The van der Waals surface area contributed by atoms with Gasteiger partial charge in [0.25, 0.3) is 0 Å². The number of aromatic nitrogens is 2. The molecule has 1 aromatic carbocycles. The van der Waals surface area contributed by atoms with Gasteiger partial charge >= 0.3 is 0 Å². The highest BCUT2D eigenvalue weighted by Gasteiger charge is 2.15. The maximum absolute atomic E-state index is 5.97. The molecule has 2 heterocycles. The molecule has 3 nitrogen and oxygen atoms in total. The summed E-state index contributed by atoms with van der Waals surface area (Å²) in [5, 5.41) is 9.29. The quantitative estimate of drug-likeness (QED) is 0.689. The van der Waals surface area contributed by atoms with Crippen molar-refractivity contribution < 1.29 is 0 Å². The first kappa shape index (κ1) is 19.3. The number of rotatable bonds is 6. The van der Waals surface area contributed by atoms with Gasteiger partial charge in [-0.25, -0.2) is 0 Å². The van der Waals surface area contributed by atoms with Crippen molar-refractivity contribution in [1.82, 2.24) is 15.1 Å². The second-order valence-corrected chi connectivity index (χ2v) is 6.84. The largest absolute Gasteiger partial charge is 0.310 e. The molecule has 1 aromatic heterocycles. The first-order chi connectivity index (χ1) is 11.2. The van der Waals surface area contributed by atoms with Crippen LogP contribution in [0, 0.1) is 0 Å². The van der Waals surface area contributed by atoms with Crippen molar-refractivity contribution >= 4 is 41.2 Å². The van der Waals surface area contributed by atoms with E-state index in [1.54, 1.807) is 6.20 Å². The number of nitrogens with zero attached hydrogens (tertiary/aromatic N) is 2. The second-order valence-electron chi connectivity index (χ2n) is 5.96. The minimum Gasteiger partial charge on any atom is -0.310 e. The van der Waals surface area contributed by atoms with Crippen molar-refractivity contribution in [2.75, 3.05) is 6.54 Å². The number of unbranched alkanes of at least 4 members (excludes halogenated alkanes) is 1. The molecule has 0 spiro atoms. The van der Waals surface area contributed by atoms with Crippen molar-refractivity contribution in [3.05, 3.63) is 58.3 Å². The molecule has 130 valence electrons. The summed E-state index contributed by atoms with van der Waals surface area (Å²) in [7, 11) is 0.